The minimum absolute atomic E-state index is 0.0152. The highest BCUT2D eigenvalue weighted by atomic mass is 35.5. The number of hydrogen-bond acceptors (Lipinski definition) is 5. The number of alkyl halides is 2. The second kappa shape index (κ2) is 7.66. The molecular formula is C17H20ClF2N3O2. The fourth-order valence-electron chi connectivity index (χ4n) is 3.01. The van der Waals surface area contributed by atoms with Crippen LogP contribution < -0.4 is 9.47 Å². The van der Waals surface area contributed by atoms with Gasteiger partial charge in [0, 0.05) is 24.4 Å². The van der Waals surface area contributed by atoms with Gasteiger partial charge >= 0.3 is 0 Å². The lowest BCUT2D eigenvalue weighted by Crippen LogP contribution is -2.43. The minimum atomic E-state index is -2.57. The van der Waals surface area contributed by atoms with E-state index in [9.17, 15) is 8.78 Å². The van der Waals surface area contributed by atoms with Gasteiger partial charge in [0.1, 0.15) is 11.5 Å². The first-order valence-corrected chi connectivity index (χ1v) is 8.57. The number of benzene rings is 1. The lowest BCUT2D eigenvalue weighted by molar-refractivity contribution is -0.0644. The molecule has 1 aliphatic heterocycles. The van der Waals surface area contributed by atoms with E-state index in [0.29, 0.717) is 60.1 Å². The molecule has 1 aliphatic rings. The molecule has 0 saturated carbocycles. The fourth-order valence-corrected chi connectivity index (χ4v) is 3.21. The first-order valence-electron chi connectivity index (χ1n) is 8.20. The van der Waals surface area contributed by atoms with Gasteiger partial charge in [-0.3, -0.25) is 4.90 Å². The number of methoxy groups -OCH3 is 1. The molecule has 0 spiro atoms. The molecule has 0 unspecified atom stereocenters. The Kier molecular flexibility index (Phi) is 5.54. The molecule has 25 heavy (non-hydrogen) atoms. The molecular weight excluding hydrogens is 352 g/mol. The number of ether oxygens (including phenoxy) is 2. The molecule has 1 saturated heterocycles. The highest BCUT2D eigenvalue weighted by Crippen LogP contribution is 2.34. The zero-order valence-electron chi connectivity index (χ0n) is 14.0. The highest BCUT2D eigenvalue weighted by Gasteiger charge is 2.34. The Bertz CT molecular complexity index is 745. The minimum Gasteiger partial charge on any atom is -0.493 e. The number of fused-ring (bicyclic) bond motifs is 1. The standard InChI is InChI=1S/C17H20ClF2N3O2/c1-24-14-8-12-13(21-11-22-16(12)18)9-15(14)25-7-3-6-23-5-2-4-17(19,20)10-23/h8-9,11H,2-7,10H2,1H3. The fraction of sp³-hybridized carbons (Fsp3) is 0.529. The summed E-state index contributed by atoms with van der Waals surface area (Å²) >= 11 is 6.06. The van der Waals surface area contributed by atoms with Crippen molar-refractivity contribution in [1.82, 2.24) is 14.9 Å². The third kappa shape index (κ3) is 4.46. The third-order valence-corrected chi connectivity index (χ3v) is 4.52. The van der Waals surface area contributed by atoms with E-state index in [0.717, 1.165) is 0 Å². The van der Waals surface area contributed by atoms with Gasteiger partial charge in [0.2, 0.25) is 0 Å². The second-order valence-corrected chi connectivity index (χ2v) is 6.48. The normalized spacial score (nSPS) is 17.6. The SMILES string of the molecule is COc1cc2c(Cl)ncnc2cc1OCCCN1CCCC(F)(F)C1. The van der Waals surface area contributed by atoms with E-state index in [1.54, 1.807) is 24.1 Å². The predicted molar refractivity (Wildman–Crippen MR) is 91.8 cm³/mol. The van der Waals surface area contributed by atoms with Gasteiger partial charge in [-0.15, -0.1) is 0 Å². The van der Waals surface area contributed by atoms with Gasteiger partial charge in [0.15, 0.2) is 11.5 Å². The molecule has 1 aromatic heterocycles. The van der Waals surface area contributed by atoms with E-state index in [-0.39, 0.29) is 13.0 Å². The van der Waals surface area contributed by atoms with Gasteiger partial charge < -0.3 is 9.47 Å². The molecule has 0 N–H and O–H groups in total. The van der Waals surface area contributed by atoms with Crippen molar-refractivity contribution in [2.75, 3.05) is 33.4 Å². The summed E-state index contributed by atoms with van der Waals surface area (Å²) in [7, 11) is 1.54. The summed E-state index contributed by atoms with van der Waals surface area (Å²) in [5, 5.41) is 1.03. The first kappa shape index (κ1) is 18.1. The van der Waals surface area contributed by atoms with Crippen LogP contribution >= 0.6 is 11.6 Å². The third-order valence-electron chi connectivity index (χ3n) is 4.22. The van der Waals surface area contributed by atoms with Crippen LogP contribution in [0.1, 0.15) is 19.3 Å². The monoisotopic (exact) mass is 371 g/mol. The van der Waals surface area contributed by atoms with Crippen LogP contribution in [0.25, 0.3) is 10.9 Å². The topological polar surface area (TPSA) is 47.5 Å². The molecule has 8 heteroatoms. The van der Waals surface area contributed by atoms with Crippen LogP contribution in [0.3, 0.4) is 0 Å². The van der Waals surface area contributed by atoms with Gasteiger partial charge in [0.25, 0.3) is 5.92 Å². The molecule has 0 radical (unpaired) electrons. The molecule has 0 aliphatic carbocycles. The van der Waals surface area contributed by atoms with Crippen molar-refractivity contribution < 1.29 is 18.3 Å². The Morgan fingerprint density at radius 2 is 2.12 bits per heavy atom. The maximum absolute atomic E-state index is 13.4. The van der Waals surface area contributed by atoms with E-state index in [2.05, 4.69) is 9.97 Å². The van der Waals surface area contributed by atoms with Gasteiger partial charge in [-0.2, -0.15) is 0 Å². The number of nitrogens with zero attached hydrogens (tertiary/aromatic N) is 3. The number of piperidine rings is 1. The summed E-state index contributed by atoms with van der Waals surface area (Å²) < 4.78 is 37.9. The number of rotatable bonds is 6. The Morgan fingerprint density at radius 1 is 1.28 bits per heavy atom. The number of halogens is 3. The van der Waals surface area contributed by atoms with Crippen molar-refractivity contribution in [2.24, 2.45) is 0 Å². The van der Waals surface area contributed by atoms with Crippen molar-refractivity contribution in [1.29, 1.82) is 0 Å². The Labute approximate surface area is 149 Å². The van der Waals surface area contributed by atoms with Crippen molar-refractivity contribution in [3.63, 3.8) is 0 Å². The van der Waals surface area contributed by atoms with Crippen LogP contribution in [-0.4, -0.2) is 54.1 Å². The summed E-state index contributed by atoms with van der Waals surface area (Å²) in [4.78, 5) is 9.90. The van der Waals surface area contributed by atoms with Crippen LogP contribution in [0.4, 0.5) is 8.78 Å². The average Bonchev–Trinajstić information content (AvgIpc) is 2.57. The van der Waals surface area contributed by atoms with E-state index < -0.39 is 5.92 Å². The quantitative estimate of drug-likeness (QED) is 0.571. The van der Waals surface area contributed by atoms with Gasteiger partial charge in [-0.25, -0.2) is 18.7 Å². The molecule has 0 amide bonds. The van der Waals surface area contributed by atoms with Crippen molar-refractivity contribution in [3.05, 3.63) is 23.6 Å². The summed E-state index contributed by atoms with van der Waals surface area (Å²) in [5.41, 5.74) is 0.659. The maximum Gasteiger partial charge on any atom is 0.260 e. The van der Waals surface area contributed by atoms with Crippen molar-refractivity contribution >= 4 is 22.5 Å². The Hall–Kier alpha value is -1.73. The van der Waals surface area contributed by atoms with Crippen LogP contribution in [0.15, 0.2) is 18.5 Å². The van der Waals surface area contributed by atoms with Crippen LogP contribution in [-0.2, 0) is 0 Å². The van der Waals surface area contributed by atoms with E-state index in [1.165, 1.54) is 6.33 Å². The lowest BCUT2D eigenvalue weighted by atomic mass is 10.1. The largest absolute Gasteiger partial charge is 0.493 e. The summed E-state index contributed by atoms with van der Waals surface area (Å²) in [6, 6.07) is 3.48. The Morgan fingerprint density at radius 3 is 2.88 bits per heavy atom. The predicted octanol–water partition coefficient (Wildman–Crippen LogP) is 3.79. The lowest BCUT2D eigenvalue weighted by Gasteiger charge is -2.32. The zero-order valence-corrected chi connectivity index (χ0v) is 14.7. The van der Waals surface area contributed by atoms with Gasteiger partial charge in [-0.05, 0) is 25.5 Å². The van der Waals surface area contributed by atoms with Crippen LogP contribution in [0, 0.1) is 0 Å². The molecule has 5 nitrogen and oxygen atoms in total. The summed E-state index contributed by atoms with van der Waals surface area (Å²) in [6.07, 6.45) is 2.56. The average molecular weight is 372 g/mol. The van der Waals surface area contributed by atoms with Gasteiger partial charge in [0.05, 0.1) is 25.8 Å². The van der Waals surface area contributed by atoms with E-state index >= 15 is 0 Å². The number of hydrogen-bond donors (Lipinski definition) is 0. The Balaban J connectivity index is 1.59. The van der Waals surface area contributed by atoms with Crippen LogP contribution in [0.5, 0.6) is 11.5 Å². The smallest absolute Gasteiger partial charge is 0.260 e. The van der Waals surface area contributed by atoms with E-state index in [4.69, 9.17) is 21.1 Å². The summed E-state index contributed by atoms with van der Waals surface area (Å²) in [5.74, 6) is -1.48. The maximum atomic E-state index is 13.4. The van der Waals surface area contributed by atoms with Crippen LogP contribution in [0.2, 0.25) is 5.15 Å². The van der Waals surface area contributed by atoms with E-state index in [1.807, 2.05) is 0 Å². The molecule has 0 atom stereocenters. The molecule has 1 aromatic carbocycles. The molecule has 2 aromatic rings. The number of likely N-dealkylation sites (tertiary alicyclic amines) is 1. The molecule has 136 valence electrons. The van der Waals surface area contributed by atoms with Crippen molar-refractivity contribution in [2.45, 2.75) is 25.2 Å². The molecule has 1 fully saturated rings. The second-order valence-electron chi connectivity index (χ2n) is 6.12. The summed E-state index contributed by atoms with van der Waals surface area (Å²) in [6.45, 7) is 1.54. The number of aromatic nitrogens is 2. The van der Waals surface area contributed by atoms with Crippen molar-refractivity contribution in [3.8, 4) is 11.5 Å². The highest BCUT2D eigenvalue weighted by molar-refractivity contribution is 6.34. The zero-order chi connectivity index (χ0) is 17.9. The first-order chi connectivity index (χ1) is 12.0. The molecule has 3 rings (SSSR count). The molecule has 0 bridgehead atoms. The molecule has 2 heterocycles. The van der Waals surface area contributed by atoms with Gasteiger partial charge in [-0.1, -0.05) is 11.6 Å².